The van der Waals surface area contributed by atoms with Gasteiger partial charge in [0.2, 0.25) is 0 Å². The Labute approximate surface area is 153 Å². The molecular weight excluding hydrogens is 328 g/mol. The quantitative estimate of drug-likeness (QED) is 0.645. The van der Waals surface area contributed by atoms with Gasteiger partial charge < -0.3 is 20.1 Å². The monoisotopic (exact) mass is 350 g/mol. The second kappa shape index (κ2) is 8.71. The molecule has 6 nitrogen and oxygen atoms in total. The predicted octanol–water partition coefficient (Wildman–Crippen LogP) is 3.72. The van der Waals surface area contributed by atoms with E-state index in [4.69, 9.17) is 9.47 Å². The molecule has 0 saturated heterocycles. The summed E-state index contributed by atoms with van der Waals surface area (Å²) in [5.41, 5.74) is 2.27. The van der Waals surface area contributed by atoms with Crippen LogP contribution in [0.2, 0.25) is 0 Å². The molecular formula is C20H22N4O2. The molecule has 0 aliphatic heterocycles. The van der Waals surface area contributed by atoms with Crippen molar-refractivity contribution in [3.8, 4) is 11.5 Å². The van der Waals surface area contributed by atoms with Crippen molar-refractivity contribution in [3.63, 3.8) is 0 Å². The number of rotatable bonds is 8. The van der Waals surface area contributed by atoms with Crippen molar-refractivity contribution in [3.05, 3.63) is 72.1 Å². The summed E-state index contributed by atoms with van der Waals surface area (Å²) < 4.78 is 10.6. The third-order valence-electron chi connectivity index (χ3n) is 3.91. The van der Waals surface area contributed by atoms with E-state index < -0.39 is 0 Å². The SMILES string of the molecule is COc1ccc(CNc2cc(NCc3ccccc3)ncn2)cc1OC. The molecule has 0 atom stereocenters. The van der Waals surface area contributed by atoms with Gasteiger partial charge in [-0.15, -0.1) is 0 Å². The highest BCUT2D eigenvalue weighted by Gasteiger charge is 2.05. The fourth-order valence-corrected chi connectivity index (χ4v) is 2.52. The molecule has 0 aliphatic rings. The van der Waals surface area contributed by atoms with Crippen LogP contribution in [-0.2, 0) is 13.1 Å². The van der Waals surface area contributed by atoms with Gasteiger partial charge in [-0.1, -0.05) is 36.4 Å². The van der Waals surface area contributed by atoms with Crippen LogP contribution in [0.3, 0.4) is 0 Å². The van der Waals surface area contributed by atoms with Crippen LogP contribution in [0.1, 0.15) is 11.1 Å². The van der Waals surface area contributed by atoms with Gasteiger partial charge in [-0.3, -0.25) is 0 Å². The molecule has 1 aromatic heterocycles. The average molecular weight is 350 g/mol. The topological polar surface area (TPSA) is 68.3 Å². The molecule has 0 fully saturated rings. The van der Waals surface area contributed by atoms with Crippen LogP contribution in [0, 0.1) is 0 Å². The van der Waals surface area contributed by atoms with Crippen molar-refractivity contribution in [2.75, 3.05) is 24.9 Å². The third-order valence-corrected chi connectivity index (χ3v) is 3.91. The first-order valence-electron chi connectivity index (χ1n) is 8.33. The summed E-state index contributed by atoms with van der Waals surface area (Å²) in [6.45, 7) is 1.34. The number of benzene rings is 2. The van der Waals surface area contributed by atoms with E-state index in [1.807, 2.05) is 42.5 Å². The molecule has 134 valence electrons. The summed E-state index contributed by atoms with van der Waals surface area (Å²) in [4.78, 5) is 8.53. The molecule has 26 heavy (non-hydrogen) atoms. The molecule has 0 unspecified atom stereocenters. The normalized spacial score (nSPS) is 10.2. The number of aromatic nitrogens is 2. The van der Waals surface area contributed by atoms with E-state index in [2.05, 4.69) is 32.7 Å². The molecule has 3 rings (SSSR count). The molecule has 0 bridgehead atoms. The second-order valence-corrected chi connectivity index (χ2v) is 5.67. The summed E-state index contributed by atoms with van der Waals surface area (Å²) in [6.07, 6.45) is 1.55. The van der Waals surface area contributed by atoms with Gasteiger partial charge in [-0.25, -0.2) is 9.97 Å². The maximum Gasteiger partial charge on any atom is 0.161 e. The average Bonchev–Trinajstić information content (AvgIpc) is 2.71. The number of hydrogen-bond acceptors (Lipinski definition) is 6. The summed E-state index contributed by atoms with van der Waals surface area (Å²) in [5, 5.41) is 6.61. The first-order valence-corrected chi connectivity index (χ1v) is 8.33. The first kappa shape index (κ1) is 17.5. The molecule has 1 heterocycles. The van der Waals surface area contributed by atoms with Gasteiger partial charge in [0.25, 0.3) is 0 Å². The van der Waals surface area contributed by atoms with E-state index >= 15 is 0 Å². The fourth-order valence-electron chi connectivity index (χ4n) is 2.52. The minimum atomic E-state index is 0.621. The Morgan fingerprint density at radius 1 is 0.731 bits per heavy atom. The maximum absolute atomic E-state index is 5.33. The fraction of sp³-hybridized carbons (Fsp3) is 0.200. The Balaban J connectivity index is 1.60. The van der Waals surface area contributed by atoms with Crippen LogP contribution in [0.5, 0.6) is 11.5 Å². The first-order chi connectivity index (χ1) is 12.8. The van der Waals surface area contributed by atoms with Crippen molar-refractivity contribution in [1.82, 2.24) is 9.97 Å². The number of nitrogens with zero attached hydrogens (tertiary/aromatic N) is 2. The highest BCUT2D eigenvalue weighted by atomic mass is 16.5. The molecule has 2 N–H and O–H groups in total. The van der Waals surface area contributed by atoms with E-state index in [1.165, 1.54) is 5.56 Å². The smallest absolute Gasteiger partial charge is 0.161 e. The van der Waals surface area contributed by atoms with Crippen LogP contribution >= 0.6 is 0 Å². The van der Waals surface area contributed by atoms with Crippen molar-refractivity contribution < 1.29 is 9.47 Å². The minimum Gasteiger partial charge on any atom is -0.493 e. The lowest BCUT2D eigenvalue weighted by Crippen LogP contribution is -2.05. The standard InChI is InChI=1S/C20H22N4O2/c1-25-17-9-8-16(10-18(17)26-2)13-22-20-11-19(23-14-24-20)21-12-15-6-4-3-5-7-15/h3-11,14H,12-13H2,1-2H3,(H2,21,22,23,24). The van der Waals surface area contributed by atoms with Crippen molar-refractivity contribution in [2.45, 2.75) is 13.1 Å². The van der Waals surface area contributed by atoms with Crippen LogP contribution in [-0.4, -0.2) is 24.2 Å². The minimum absolute atomic E-state index is 0.621. The van der Waals surface area contributed by atoms with E-state index in [-0.39, 0.29) is 0 Å². The zero-order valence-electron chi connectivity index (χ0n) is 14.9. The molecule has 0 amide bonds. The van der Waals surface area contributed by atoms with Gasteiger partial charge in [0, 0.05) is 19.2 Å². The van der Waals surface area contributed by atoms with Crippen molar-refractivity contribution in [1.29, 1.82) is 0 Å². The van der Waals surface area contributed by atoms with Gasteiger partial charge in [0.05, 0.1) is 14.2 Å². The zero-order valence-corrected chi connectivity index (χ0v) is 14.9. The van der Waals surface area contributed by atoms with Crippen LogP contribution in [0.4, 0.5) is 11.6 Å². The lowest BCUT2D eigenvalue weighted by molar-refractivity contribution is 0.354. The largest absolute Gasteiger partial charge is 0.493 e. The van der Waals surface area contributed by atoms with Crippen LogP contribution < -0.4 is 20.1 Å². The Morgan fingerprint density at radius 2 is 1.38 bits per heavy atom. The zero-order chi connectivity index (χ0) is 18.2. The van der Waals surface area contributed by atoms with Crippen molar-refractivity contribution >= 4 is 11.6 Å². The van der Waals surface area contributed by atoms with Crippen LogP contribution in [0.25, 0.3) is 0 Å². The summed E-state index contributed by atoms with van der Waals surface area (Å²) >= 11 is 0. The summed E-state index contributed by atoms with van der Waals surface area (Å²) in [5.74, 6) is 2.95. The highest BCUT2D eigenvalue weighted by Crippen LogP contribution is 2.27. The lowest BCUT2D eigenvalue weighted by Gasteiger charge is -2.11. The number of methoxy groups -OCH3 is 2. The molecule has 0 radical (unpaired) electrons. The van der Waals surface area contributed by atoms with Gasteiger partial charge in [0.15, 0.2) is 11.5 Å². The highest BCUT2D eigenvalue weighted by molar-refractivity contribution is 5.48. The Morgan fingerprint density at radius 3 is 2.04 bits per heavy atom. The Bertz CT molecular complexity index is 840. The molecule has 6 heteroatoms. The van der Waals surface area contributed by atoms with Gasteiger partial charge in [-0.2, -0.15) is 0 Å². The number of nitrogens with one attached hydrogen (secondary N) is 2. The van der Waals surface area contributed by atoms with Gasteiger partial charge in [0.1, 0.15) is 18.0 Å². The van der Waals surface area contributed by atoms with E-state index in [1.54, 1.807) is 20.5 Å². The number of anilines is 2. The third kappa shape index (κ3) is 4.63. The maximum atomic E-state index is 5.33. The lowest BCUT2D eigenvalue weighted by atomic mass is 10.2. The second-order valence-electron chi connectivity index (χ2n) is 5.67. The molecule has 2 aromatic carbocycles. The van der Waals surface area contributed by atoms with Crippen LogP contribution in [0.15, 0.2) is 60.9 Å². The van der Waals surface area contributed by atoms with E-state index in [0.29, 0.717) is 24.6 Å². The Hall–Kier alpha value is -3.28. The predicted molar refractivity (Wildman–Crippen MR) is 103 cm³/mol. The van der Waals surface area contributed by atoms with E-state index in [9.17, 15) is 0 Å². The number of hydrogen-bond donors (Lipinski definition) is 2. The molecule has 0 aliphatic carbocycles. The van der Waals surface area contributed by atoms with E-state index in [0.717, 1.165) is 17.2 Å². The summed E-state index contributed by atoms with van der Waals surface area (Å²) in [6, 6.07) is 17.9. The van der Waals surface area contributed by atoms with Gasteiger partial charge >= 0.3 is 0 Å². The van der Waals surface area contributed by atoms with Gasteiger partial charge in [-0.05, 0) is 23.3 Å². The van der Waals surface area contributed by atoms with Crippen molar-refractivity contribution in [2.24, 2.45) is 0 Å². The summed E-state index contributed by atoms with van der Waals surface area (Å²) in [7, 11) is 3.25. The molecule has 3 aromatic rings. The number of ether oxygens (including phenoxy) is 2. The molecule has 0 saturated carbocycles. The Kier molecular flexibility index (Phi) is 5.88. The molecule has 0 spiro atoms.